The molecule has 0 spiro atoms. The van der Waals surface area contributed by atoms with E-state index in [2.05, 4.69) is 83.5 Å². The van der Waals surface area contributed by atoms with Crippen molar-refractivity contribution < 1.29 is 58.2 Å². The highest BCUT2D eigenvalue weighted by atomic mass is 32.2. The molecular weight excluding hydrogens is 1480 g/mol. The molecule has 0 saturated carbocycles. The van der Waals surface area contributed by atoms with Crippen molar-refractivity contribution in [2.24, 2.45) is 41.1 Å². The van der Waals surface area contributed by atoms with Crippen molar-refractivity contribution in [1.29, 1.82) is 5.41 Å². The van der Waals surface area contributed by atoms with E-state index in [0.717, 1.165) is 35.8 Å². The normalized spacial score (nSPS) is 23.2. The summed E-state index contributed by atoms with van der Waals surface area (Å²) in [4.78, 5) is 161. The average Bonchev–Trinajstić information content (AvgIpc) is 1.66. The molecule has 25 nitrogen and oxygen atoms in total. The standard InChI is InChI=1S/C89H109N13O12S/c1-54(103)68-48-81(108)71(27-14-15-35-90)99-86(112)62(43-63-49-95-70-26-13-12-24-66(63)70)47-80(107)75(40-56-20-8-4-9-21-56)100-85(111)61(38-55-18-6-3-7-19-55)46-78(105)72(29-17-36-94-89(91)92)98-84(110)60(34-37-93-88(114)76(101-87(68)113)42-57-22-10-5-11-23-57)45-79(106)74(41-58-30-32-65(104)33-31-58)97-82(109)53-115-52-59-39-69-67-25-16-28-73-83(67)64(50-96-73)44-77(69)102(2)51-59/h3-13,16,18-26,28,30-33,49-50,54,59-62,68-69,71-72,74-77,95-96,103-104H,14-15,17,27,29,34-48,51-53,90H2,1-2H3,(H,93,114)(H,97,109)(H,98,110)(H,99,112)(H,100,111)(H,101,113)(H4,91,92,94)/t54-,59-,60+,61-,62+,68+,69-,71+,72+,74+,75+,76+,77-/m1/s1. The maximum Gasteiger partial charge on any atom is 0.242 e. The Labute approximate surface area is 675 Å². The Kier molecular flexibility index (Phi) is 30.7. The number of likely N-dealkylation sites (N-methyl/N-ethyl adjacent to an activating group) is 1. The summed E-state index contributed by atoms with van der Waals surface area (Å²) in [6.45, 7) is 2.22. The number of phenolic OH excluding ortho intramolecular Hbond substituents is 1. The van der Waals surface area contributed by atoms with Crippen LogP contribution in [0.2, 0.25) is 0 Å². The predicted molar refractivity (Wildman–Crippen MR) is 444 cm³/mol. The fourth-order valence-corrected chi connectivity index (χ4v) is 17.5. The highest BCUT2D eigenvalue weighted by molar-refractivity contribution is 7.99. The zero-order valence-corrected chi connectivity index (χ0v) is 66.2. The minimum absolute atomic E-state index is 0.00655. The van der Waals surface area contributed by atoms with Crippen LogP contribution in [-0.2, 0) is 86.5 Å². The maximum absolute atomic E-state index is 15.6. The monoisotopic (exact) mass is 1580 g/mol. The number of carbonyl (C=O) groups is 10. The lowest BCUT2D eigenvalue weighted by Gasteiger charge is -2.45. The molecule has 13 atom stereocenters. The summed E-state index contributed by atoms with van der Waals surface area (Å²) in [6.07, 6.45) is 2.69. The second-order valence-corrected chi connectivity index (χ2v) is 32.4. The number of guanidine groups is 1. The van der Waals surface area contributed by atoms with Crippen LogP contribution in [0.1, 0.15) is 122 Å². The third-order valence-corrected chi connectivity index (χ3v) is 24.0. The Balaban J connectivity index is 0.927. The summed E-state index contributed by atoms with van der Waals surface area (Å²) in [6, 6.07) is 40.6. The molecule has 2 aromatic heterocycles. The summed E-state index contributed by atoms with van der Waals surface area (Å²) in [5.41, 5.74) is 19.5. The molecule has 4 heterocycles. The first kappa shape index (κ1) is 85.1. The number of aromatic amines is 2. The van der Waals surface area contributed by atoms with Gasteiger partial charge in [0.05, 0.1) is 41.9 Å². The molecule has 26 heteroatoms. The molecule has 115 heavy (non-hydrogen) atoms. The Hall–Kier alpha value is -10.8. The number of hydrogen-bond donors (Lipinski definition) is 14. The number of nitrogens with two attached hydrogens (primary N) is 2. The number of likely N-dealkylation sites (tertiary alicyclic amines) is 1. The van der Waals surface area contributed by atoms with E-state index in [1.54, 1.807) is 109 Å². The van der Waals surface area contributed by atoms with Crippen LogP contribution < -0.4 is 48.7 Å². The molecule has 0 radical (unpaired) electrons. The van der Waals surface area contributed by atoms with Gasteiger partial charge in [0.25, 0.3) is 0 Å². The Morgan fingerprint density at radius 3 is 1.84 bits per heavy atom. The number of ketones is 4. The molecule has 0 bridgehead atoms. The molecule has 608 valence electrons. The van der Waals surface area contributed by atoms with Crippen molar-refractivity contribution in [3.05, 3.63) is 209 Å². The fraction of sp³-hybridized carbons (Fsp3) is 0.427. The van der Waals surface area contributed by atoms with Gasteiger partial charge >= 0.3 is 0 Å². The van der Waals surface area contributed by atoms with Gasteiger partial charge in [-0.25, -0.2) is 0 Å². The molecule has 6 amide bonds. The van der Waals surface area contributed by atoms with Crippen LogP contribution in [0, 0.1) is 35.0 Å². The van der Waals surface area contributed by atoms with Crippen LogP contribution in [0.4, 0.5) is 0 Å². The summed E-state index contributed by atoms with van der Waals surface area (Å²) in [5, 5.41) is 52.2. The average molecular weight is 1580 g/mol. The Morgan fingerprint density at radius 2 is 1.18 bits per heavy atom. The summed E-state index contributed by atoms with van der Waals surface area (Å²) >= 11 is 1.47. The maximum atomic E-state index is 15.6. The molecule has 2 saturated heterocycles. The summed E-state index contributed by atoms with van der Waals surface area (Å²) in [7, 11) is 2.16. The van der Waals surface area contributed by atoms with Crippen molar-refractivity contribution in [2.75, 3.05) is 44.7 Å². The zero-order valence-electron chi connectivity index (χ0n) is 65.4. The molecule has 0 unspecified atom stereocenters. The van der Waals surface area contributed by atoms with Gasteiger partial charge in [0.15, 0.2) is 29.1 Å². The number of Topliss-reactive ketones (excluding diaryl/α,β-unsaturated/α-hetero) is 4. The number of aliphatic hydroxyl groups excluding tert-OH is 1. The number of aromatic nitrogens is 2. The van der Waals surface area contributed by atoms with Gasteiger partial charge in [-0.1, -0.05) is 133 Å². The second kappa shape index (κ2) is 41.5. The van der Waals surface area contributed by atoms with Crippen molar-refractivity contribution in [3.63, 3.8) is 0 Å². The molecule has 2 fully saturated rings. The second-order valence-electron chi connectivity index (χ2n) is 31.4. The topological polar surface area (TPSA) is 406 Å². The SMILES string of the molecule is C[C@@H](O)[C@@H]1CC(=O)[C@H](CCCCN)NC(=O)[C@@H](Cc2c[nH]c3ccccc23)CC(=O)[C@H](Cc2ccccc2)NC(=O)[C@H](Cc2ccccc2)CC(=O)[C@H](CCCNC(=N)N)NC(=O)[C@H](CC(=O)[C@H](Cc2ccc(O)cc2)NC(=O)CSC[C@@H]2C[C@@H]3c4cccc5[nH]cc(c45)C[C@H]3N(C)C2)CCNC(=O)[C@H](Cc2ccccc2)NC1=O. The van der Waals surface area contributed by atoms with Crippen molar-refractivity contribution in [3.8, 4) is 5.75 Å². The number of aromatic hydroxyl groups is 1. The fourth-order valence-electron chi connectivity index (χ4n) is 16.6. The Morgan fingerprint density at radius 1 is 0.609 bits per heavy atom. The number of amides is 6. The van der Waals surface area contributed by atoms with Gasteiger partial charge in [-0.2, -0.15) is 11.8 Å². The van der Waals surface area contributed by atoms with Gasteiger partial charge in [-0.05, 0) is 172 Å². The number of piperidine rings is 1. The Bertz CT molecular complexity index is 4670. The molecule has 1 aliphatic carbocycles. The van der Waals surface area contributed by atoms with Crippen LogP contribution in [0.5, 0.6) is 5.75 Å². The lowest BCUT2D eigenvalue weighted by Crippen LogP contribution is -2.53. The summed E-state index contributed by atoms with van der Waals surface area (Å²) in [5.74, 6) is -10.8. The molecule has 11 rings (SSSR count). The summed E-state index contributed by atoms with van der Waals surface area (Å²) < 4.78 is 0. The van der Waals surface area contributed by atoms with Crippen LogP contribution in [0.15, 0.2) is 170 Å². The molecular formula is C89H109N13O12S. The van der Waals surface area contributed by atoms with Crippen LogP contribution in [0.25, 0.3) is 21.8 Å². The highest BCUT2D eigenvalue weighted by Crippen LogP contribution is 2.45. The van der Waals surface area contributed by atoms with Crippen molar-refractivity contribution >= 4 is 98.1 Å². The lowest BCUT2D eigenvalue weighted by molar-refractivity contribution is -0.137. The minimum Gasteiger partial charge on any atom is -0.508 e. The van der Waals surface area contributed by atoms with Gasteiger partial charge in [0.1, 0.15) is 11.8 Å². The number of carbonyl (C=O) groups excluding carboxylic acids is 10. The van der Waals surface area contributed by atoms with Gasteiger partial charge in [0, 0.05) is 116 Å². The van der Waals surface area contributed by atoms with Gasteiger partial charge < -0.3 is 73.8 Å². The highest BCUT2D eigenvalue weighted by Gasteiger charge is 2.42. The number of aliphatic hydroxyl groups is 1. The molecule has 3 aliphatic rings. The van der Waals surface area contributed by atoms with E-state index in [1.807, 2.05) is 24.3 Å². The largest absolute Gasteiger partial charge is 0.508 e. The molecule has 6 aromatic carbocycles. The van der Waals surface area contributed by atoms with E-state index in [-0.39, 0.29) is 101 Å². The quantitative estimate of drug-likeness (QED) is 0.0137. The number of para-hydroxylation sites is 1. The van der Waals surface area contributed by atoms with E-state index < -0.39 is 144 Å². The number of H-pyrrole nitrogens is 2. The minimum atomic E-state index is -1.48. The number of rotatable bonds is 27. The third-order valence-electron chi connectivity index (χ3n) is 22.8. The zero-order chi connectivity index (χ0) is 81.5. The number of fused-ring (bicyclic) bond motifs is 3. The van der Waals surface area contributed by atoms with Crippen LogP contribution in [-0.4, -0.2) is 177 Å². The lowest BCUT2D eigenvalue weighted by atomic mass is 9.73. The van der Waals surface area contributed by atoms with Gasteiger partial charge in [0.2, 0.25) is 35.4 Å². The van der Waals surface area contributed by atoms with E-state index in [4.69, 9.17) is 16.9 Å². The number of unbranched alkanes of at least 4 members (excludes halogenated alkanes) is 1. The first-order chi connectivity index (χ1) is 55.5. The van der Waals surface area contributed by atoms with E-state index in [0.29, 0.717) is 58.4 Å². The van der Waals surface area contributed by atoms with E-state index in [1.165, 1.54) is 47.3 Å². The van der Waals surface area contributed by atoms with Crippen molar-refractivity contribution in [1.82, 2.24) is 52.1 Å². The third kappa shape index (κ3) is 23.9. The number of phenols is 1. The predicted octanol–water partition coefficient (Wildman–Crippen LogP) is 7.28. The first-order valence-electron chi connectivity index (χ1n) is 40.2. The van der Waals surface area contributed by atoms with Crippen molar-refractivity contribution in [2.45, 2.75) is 164 Å². The van der Waals surface area contributed by atoms with E-state index in [9.17, 15) is 24.6 Å². The smallest absolute Gasteiger partial charge is 0.242 e. The van der Waals surface area contributed by atoms with E-state index >= 15 is 33.6 Å². The van der Waals surface area contributed by atoms with Crippen LogP contribution in [0.3, 0.4) is 0 Å². The molecule has 16 N–H and O–H groups in total. The molecule has 2 aliphatic heterocycles. The van der Waals surface area contributed by atoms with Crippen LogP contribution >= 0.6 is 11.8 Å². The number of nitrogens with zero attached hydrogens (tertiary/aromatic N) is 1. The molecule has 8 aromatic rings. The number of benzene rings is 6. The van der Waals surface area contributed by atoms with Gasteiger partial charge in [-0.15, -0.1) is 0 Å². The number of hydrogen-bond acceptors (Lipinski definition) is 16. The van der Waals surface area contributed by atoms with Gasteiger partial charge in [-0.3, -0.25) is 53.4 Å². The first-order valence-corrected chi connectivity index (χ1v) is 41.4. The number of thioether (sulfide) groups is 1. The number of nitrogens with one attached hydrogen (secondary N) is 10.